The van der Waals surface area contributed by atoms with E-state index in [1.807, 2.05) is 0 Å². The highest BCUT2D eigenvalue weighted by atomic mass is 79.9. The Labute approximate surface area is 79.5 Å². The molecule has 0 aliphatic carbocycles. The van der Waals surface area contributed by atoms with Gasteiger partial charge in [0.05, 0.1) is 12.5 Å². The molecule has 0 radical (unpaired) electrons. The molecule has 1 aromatic carbocycles. The van der Waals surface area contributed by atoms with Gasteiger partial charge >= 0.3 is 0 Å². The van der Waals surface area contributed by atoms with Crippen LogP contribution in [0, 0.1) is 0 Å². The van der Waals surface area contributed by atoms with Gasteiger partial charge in [0.25, 0.3) is 0 Å². The van der Waals surface area contributed by atoms with Crippen molar-refractivity contribution in [3.8, 4) is 0 Å². The Hall–Kier alpha value is 0.0500. The Bertz CT molecular complexity index is 233. The second-order valence-corrected chi connectivity index (χ2v) is 5.94. The van der Waals surface area contributed by atoms with Crippen LogP contribution in [0.5, 0.6) is 0 Å². The van der Waals surface area contributed by atoms with Gasteiger partial charge in [-0.25, -0.2) is 0 Å². The summed E-state index contributed by atoms with van der Waals surface area (Å²) in [6, 6.07) is 8.52. The lowest BCUT2D eigenvalue weighted by molar-refractivity contribution is 1.39. The third-order valence-electron chi connectivity index (χ3n) is 1.34. The van der Waals surface area contributed by atoms with Crippen LogP contribution in [-0.2, 0) is 16.6 Å². The summed E-state index contributed by atoms with van der Waals surface area (Å²) in [5.74, 6) is 1.19. The van der Waals surface area contributed by atoms with Gasteiger partial charge in [0.2, 0.25) is 0 Å². The summed E-state index contributed by atoms with van der Waals surface area (Å²) in [7, 11) is 0.504. The molecule has 1 rings (SSSR count). The molecule has 0 atom stereocenters. The van der Waals surface area contributed by atoms with Gasteiger partial charge in [-0.2, -0.15) is 0 Å². The highest BCUT2D eigenvalue weighted by molar-refractivity contribution is 9.10. The zero-order valence-electron chi connectivity index (χ0n) is 6.80. The minimum Gasteiger partial charge on any atom is -0.0607 e. The maximum absolute atomic E-state index is 3.46. The van der Waals surface area contributed by atoms with Crippen LogP contribution in [0.2, 0.25) is 0 Å². The first-order chi connectivity index (χ1) is 5.18. The number of rotatable bonds is 2. The maximum Gasteiger partial charge on any atom is 0.132 e. The summed E-state index contributed by atoms with van der Waals surface area (Å²) in [6.07, 6.45) is 4.53. The second-order valence-electron chi connectivity index (χ2n) is 2.76. The first-order valence-corrected chi connectivity index (χ1v) is 6.47. The summed E-state index contributed by atoms with van der Waals surface area (Å²) in [5.41, 5.74) is 1.42. The average Bonchev–Trinajstić information content (AvgIpc) is 1.85. The van der Waals surface area contributed by atoms with E-state index in [9.17, 15) is 0 Å². The fourth-order valence-corrected chi connectivity index (χ4v) is 2.25. The van der Waals surface area contributed by atoms with Gasteiger partial charge in [-0.15, -0.1) is 0 Å². The predicted octanol–water partition coefficient (Wildman–Crippen LogP) is 2.83. The first-order valence-electron chi connectivity index (χ1n) is 3.47. The smallest absolute Gasteiger partial charge is 0.0607 e. The molecule has 0 N–H and O–H groups in total. The van der Waals surface area contributed by atoms with Crippen molar-refractivity contribution in [2.24, 2.45) is 0 Å². The van der Waals surface area contributed by atoms with Crippen LogP contribution in [0.3, 0.4) is 0 Å². The summed E-state index contributed by atoms with van der Waals surface area (Å²) in [4.78, 5) is 0. The minimum absolute atomic E-state index is 0.504. The fraction of sp³-hybridized carbons (Fsp3) is 0.333. The standard InChI is InChI=1S/C9H12BrS/c1-11(2)7-8-4-3-5-9(10)6-8/h3-6H,7H2,1-2H3/q+1. The Kier molecular flexibility index (Phi) is 3.46. The summed E-state index contributed by atoms with van der Waals surface area (Å²) in [6.45, 7) is 0. The molecule has 0 nitrogen and oxygen atoms in total. The molecule has 0 spiro atoms. The lowest BCUT2D eigenvalue weighted by Gasteiger charge is -1.97. The summed E-state index contributed by atoms with van der Waals surface area (Å²) >= 11 is 3.46. The third-order valence-corrected chi connectivity index (χ3v) is 2.75. The first kappa shape index (κ1) is 9.14. The van der Waals surface area contributed by atoms with E-state index in [1.165, 1.54) is 15.8 Å². The monoisotopic (exact) mass is 231 g/mol. The van der Waals surface area contributed by atoms with Gasteiger partial charge in [0.1, 0.15) is 5.75 Å². The van der Waals surface area contributed by atoms with Gasteiger partial charge < -0.3 is 0 Å². The van der Waals surface area contributed by atoms with E-state index in [-0.39, 0.29) is 0 Å². The zero-order chi connectivity index (χ0) is 8.27. The molecular formula is C9H12BrS+. The maximum atomic E-state index is 3.46. The zero-order valence-corrected chi connectivity index (χ0v) is 9.21. The number of benzene rings is 1. The van der Waals surface area contributed by atoms with Crippen molar-refractivity contribution < 1.29 is 0 Å². The molecule has 0 amide bonds. The molecular weight excluding hydrogens is 220 g/mol. The average molecular weight is 232 g/mol. The number of hydrogen-bond acceptors (Lipinski definition) is 0. The molecule has 0 heterocycles. The van der Waals surface area contributed by atoms with Gasteiger partial charge in [-0.1, -0.05) is 28.1 Å². The summed E-state index contributed by atoms with van der Waals surface area (Å²) < 4.78 is 1.18. The SMILES string of the molecule is C[S+](C)Cc1cccc(Br)c1. The van der Waals surface area contributed by atoms with E-state index in [2.05, 4.69) is 52.7 Å². The number of hydrogen-bond donors (Lipinski definition) is 0. The van der Waals surface area contributed by atoms with Crippen molar-refractivity contribution in [1.29, 1.82) is 0 Å². The van der Waals surface area contributed by atoms with Crippen LogP contribution in [0.25, 0.3) is 0 Å². The third kappa shape index (κ3) is 3.30. The van der Waals surface area contributed by atoms with Gasteiger partial charge in [-0.3, -0.25) is 0 Å². The molecule has 0 fully saturated rings. The Morgan fingerprint density at radius 2 is 2.09 bits per heavy atom. The van der Waals surface area contributed by atoms with Gasteiger partial charge in [0, 0.05) is 10.0 Å². The highest BCUT2D eigenvalue weighted by Gasteiger charge is 2.03. The lowest BCUT2D eigenvalue weighted by atomic mass is 10.2. The number of halogens is 1. The molecule has 0 saturated heterocycles. The quantitative estimate of drug-likeness (QED) is 0.688. The Morgan fingerprint density at radius 3 is 2.64 bits per heavy atom. The van der Waals surface area contributed by atoms with Crippen molar-refractivity contribution in [3.63, 3.8) is 0 Å². The van der Waals surface area contributed by atoms with Crippen molar-refractivity contribution in [2.75, 3.05) is 12.5 Å². The van der Waals surface area contributed by atoms with Crippen LogP contribution in [0.15, 0.2) is 28.7 Å². The molecule has 0 aromatic heterocycles. The van der Waals surface area contributed by atoms with E-state index >= 15 is 0 Å². The second kappa shape index (κ2) is 4.17. The van der Waals surface area contributed by atoms with Crippen LogP contribution in [-0.4, -0.2) is 12.5 Å². The van der Waals surface area contributed by atoms with Crippen LogP contribution in [0.1, 0.15) is 5.56 Å². The molecule has 2 heteroatoms. The molecule has 1 aromatic rings. The molecule has 0 aliphatic heterocycles. The molecule has 0 saturated carbocycles. The molecule has 0 unspecified atom stereocenters. The predicted molar refractivity (Wildman–Crippen MR) is 57.1 cm³/mol. The van der Waals surface area contributed by atoms with Gasteiger partial charge in [0.15, 0.2) is 0 Å². The van der Waals surface area contributed by atoms with E-state index in [0.717, 1.165) is 0 Å². The fourth-order valence-electron chi connectivity index (χ4n) is 0.960. The van der Waals surface area contributed by atoms with Crippen LogP contribution < -0.4 is 0 Å². The van der Waals surface area contributed by atoms with Crippen molar-refractivity contribution >= 4 is 26.8 Å². The highest BCUT2D eigenvalue weighted by Crippen LogP contribution is 2.13. The van der Waals surface area contributed by atoms with E-state index in [1.54, 1.807) is 0 Å². The molecule has 60 valence electrons. The largest absolute Gasteiger partial charge is 0.132 e. The molecule has 11 heavy (non-hydrogen) atoms. The normalized spacial score (nSPS) is 10.5. The van der Waals surface area contributed by atoms with Crippen molar-refractivity contribution in [2.45, 2.75) is 5.75 Å². The minimum atomic E-state index is 0.504. The van der Waals surface area contributed by atoms with E-state index < -0.39 is 0 Å². The Balaban J connectivity index is 2.71. The van der Waals surface area contributed by atoms with E-state index in [0.29, 0.717) is 10.9 Å². The molecule has 0 aliphatic rings. The van der Waals surface area contributed by atoms with Gasteiger partial charge in [-0.05, 0) is 23.0 Å². The van der Waals surface area contributed by atoms with Crippen LogP contribution >= 0.6 is 15.9 Å². The van der Waals surface area contributed by atoms with Crippen molar-refractivity contribution in [1.82, 2.24) is 0 Å². The topological polar surface area (TPSA) is 0 Å². The Morgan fingerprint density at radius 1 is 1.36 bits per heavy atom. The summed E-state index contributed by atoms with van der Waals surface area (Å²) in [5, 5.41) is 0. The molecule has 0 bridgehead atoms. The van der Waals surface area contributed by atoms with Crippen molar-refractivity contribution in [3.05, 3.63) is 34.3 Å². The van der Waals surface area contributed by atoms with E-state index in [4.69, 9.17) is 0 Å². The van der Waals surface area contributed by atoms with Crippen LogP contribution in [0.4, 0.5) is 0 Å². The lowest BCUT2D eigenvalue weighted by Crippen LogP contribution is -1.98.